The van der Waals surface area contributed by atoms with Crippen molar-refractivity contribution < 1.29 is 14.2 Å². The van der Waals surface area contributed by atoms with Gasteiger partial charge in [0.2, 0.25) is 5.75 Å². The van der Waals surface area contributed by atoms with E-state index in [0.29, 0.717) is 23.9 Å². The molecule has 0 N–H and O–H groups in total. The van der Waals surface area contributed by atoms with Crippen LogP contribution in [0.25, 0.3) is 5.70 Å². The van der Waals surface area contributed by atoms with Crippen molar-refractivity contribution in [2.24, 2.45) is 4.99 Å². The molecule has 0 bridgehead atoms. The number of allylic oxidation sites excluding steroid dienone is 1. The maximum atomic E-state index is 5.53. The van der Waals surface area contributed by atoms with Gasteiger partial charge < -0.3 is 14.2 Å². The van der Waals surface area contributed by atoms with E-state index < -0.39 is 0 Å². The molecule has 2 aromatic carbocycles. The largest absolute Gasteiger partial charge is 0.493 e. The van der Waals surface area contributed by atoms with Crippen LogP contribution >= 0.6 is 12.4 Å². The summed E-state index contributed by atoms with van der Waals surface area (Å²) in [4.78, 5) is 4.60. The van der Waals surface area contributed by atoms with Gasteiger partial charge in [-0.3, -0.25) is 15.0 Å². The number of rotatable bonds is 5. The van der Waals surface area contributed by atoms with Crippen molar-refractivity contribution in [3.8, 4) is 17.2 Å². The minimum absolute atomic E-state index is 0. The van der Waals surface area contributed by atoms with Crippen LogP contribution in [0.2, 0.25) is 0 Å². The molecular formula is C22H26ClN3O3. The third-order valence-electron chi connectivity index (χ3n) is 5.35. The molecular weight excluding hydrogens is 390 g/mol. The number of halogens is 1. The molecule has 0 radical (unpaired) electrons. The zero-order valence-corrected chi connectivity index (χ0v) is 18.0. The molecule has 154 valence electrons. The van der Waals surface area contributed by atoms with Crippen molar-refractivity contribution in [3.05, 3.63) is 53.1 Å². The van der Waals surface area contributed by atoms with E-state index in [0.717, 1.165) is 18.5 Å². The van der Waals surface area contributed by atoms with Crippen molar-refractivity contribution in [3.63, 3.8) is 0 Å². The maximum Gasteiger partial charge on any atom is 0.203 e. The SMILES string of the molecule is COc1cc(N(C)N2CN=CC3=C2c2ccccc2CC3)cc(OC)c1OC.Cl. The van der Waals surface area contributed by atoms with Gasteiger partial charge in [-0.05, 0) is 24.0 Å². The van der Waals surface area contributed by atoms with Crippen LogP contribution in [0, 0.1) is 0 Å². The fraction of sp³-hybridized carbons (Fsp3) is 0.318. The van der Waals surface area contributed by atoms with E-state index in [4.69, 9.17) is 14.2 Å². The lowest BCUT2D eigenvalue weighted by atomic mass is 9.89. The van der Waals surface area contributed by atoms with E-state index in [9.17, 15) is 0 Å². The topological polar surface area (TPSA) is 46.5 Å². The van der Waals surface area contributed by atoms with Crippen molar-refractivity contribution >= 4 is 30.0 Å². The Kier molecular flexibility index (Phi) is 6.23. The number of hydrogen-bond acceptors (Lipinski definition) is 6. The Balaban J connectivity index is 0.00000240. The zero-order chi connectivity index (χ0) is 19.7. The number of hydrogen-bond donors (Lipinski definition) is 0. The summed E-state index contributed by atoms with van der Waals surface area (Å²) in [6.07, 6.45) is 4.06. The Morgan fingerprint density at radius 1 is 0.966 bits per heavy atom. The van der Waals surface area contributed by atoms with Crippen molar-refractivity contribution in [1.29, 1.82) is 0 Å². The van der Waals surface area contributed by atoms with Crippen LogP contribution in [0.3, 0.4) is 0 Å². The molecule has 1 aliphatic carbocycles. The van der Waals surface area contributed by atoms with Crippen molar-refractivity contribution in [2.45, 2.75) is 12.8 Å². The second-order valence-corrected chi connectivity index (χ2v) is 6.79. The molecule has 29 heavy (non-hydrogen) atoms. The van der Waals surface area contributed by atoms with E-state index in [-0.39, 0.29) is 12.4 Å². The van der Waals surface area contributed by atoms with E-state index in [1.165, 1.54) is 22.4 Å². The van der Waals surface area contributed by atoms with Crippen LogP contribution in [0.15, 0.2) is 47.0 Å². The molecule has 1 aliphatic heterocycles. The van der Waals surface area contributed by atoms with Gasteiger partial charge in [0.05, 0.1) is 32.7 Å². The molecule has 4 rings (SSSR count). The summed E-state index contributed by atoms with van der Waals surface area (Å²) in [5, 5.41) is 4.30. The highest BCUT2D eigenvalue weighted by molar-refractivity contribution is 5.94. The van der Waals surface area contributed by atoms with Crippen LogP contribution in [-0.2, 0) is 6.42 Å². The van der Waals surface area contributed by atoms with Crippen molar-refractivity contribution in [2.75, 3.05) is 40.1 Å². The summed E-state index contributed by atoms with van der Waals surface area (Å²) in [7, 11) is 6.90. The Morgan fingerprint density at radius 3 is 2.31 bits per heavy atom. The van der Waals surface area contributed by atoms with Gasteiger partial charge in [-0.25, -0.2) is 0 Å². The number of nitrogens with zero attached hydrogens (tertiary/aromatic N) is 3. The third kappa shape index (κ3) is 3.60. The standard InChI is InChI=1S/C22H25N3O3.ClH/c1-24(17-11-19(26-2)22(28-4)20(12-17)27-3)25-14-23-13-16-10-9-15-7-5-6-8-18(15)21(16)25;/h5-8,11-13H,9-10,14H2,1-4H3;1H. The Bertz CT molecular complexity index is 933. The van der Waals surface area contributed by atoms with Gasteiger partial charge in [-0.15, -0.1) is 12.4 Å². The Morgan fingerprint density at radius 2 is 1.66 bits per heavy atom. The smallest absolute Gasteiger partial charge is 0.203 e. The molecule has 0 aromatic heterocycles. The molecule has 2 aromatic rings. The van der Waals surface area contributed by atoms with Crippen LogP contribution < -0.4 is 19.2 Å². The monoisotopic (exact) mass is 415 g/mol. The minimum atomic E-state index is 0. The number of methoxy groups -OCH3 is 3. The highest BCUT2D eigenvalue weighted by atomic mass is 35.5. The molecule has 2 aliphatic rings. The average molecular weight is 416 g/mol. The van der Waals surface area contributed by atoms with Gasteiger partial charge in [0, 0.05) is 31.0 Å². The first-order valence-electron chi connectivity index (χ1n) is 9.30. The van der Waals surface area contributed by atoms with Crippen LogP contribution in [0.5, 0.6) is 17.2 Å². The quantitative estimate of drug-likeness (QED) is 0.732. The third-order valence-corrected chi connectivity index (χ3v) is 5.35. The molecule has 0 saturated heterocycles. The fourth-order valence-electron chi connectivity index (χ4n) is 3.90. The van der Waals surface area contributed by atoms with Crippen molar-refractivity contribution in [1.82, 2.24) is 5.01 Å². The molecule has 0 unspecified atom stereocenters. The molecule has 0 amide bonds. The number of ether oxygens (including phenoxy) is 3. The first-order chi connectivity index (χ1) is 13.7. The first kappa shape index (κ1) is 20.9. The lowest BCUT2D eigenvalue weighted by Crippen LogP contribution is -2.41. The second kappa shape index (κ2) is 8.66. The molecule has 0 fully saturated rings. The molecule has 0 atom stereocenters. The molecule has 7 heteroatoms. The van der Waals surface area contributed by atoms with E-state index in [1.807, 2.05) is 25.4 Å². The van der Waals surface area contributed by atoms with Gasteiger partial charge in [-0.1, -0.05) is 24.3 Å². The van der Waals surface area contributed by atoms with Gasteiger partial charge in [-0.2, -0.15) is 0 Å². The van der Waals surface area contributed by atoms with Crippen LogP contribution in [0.4, 0.5) is 5.69 Å². The normalized spacial score (nSPS) is 14.6. The number of benzene rings is 2. The zero-order valence-electron chi connectivity index (χ0n) is 17.1. The number of anilines is 1. The molecule has 6 nitrogen and oxygen atoms in total. The fourth-order valence-corrected chi connectivity index (χ4v) is 3.90. The van der Waals surface area contributed by atoms with Gasteiger partial charge >= 0.3 is 0 Å². The molecule has 1 heterocycles. The summed E-state index contributed by atoms with van der Waals surface area (Å²) >= 11 is 0. The maximum absolute atomic E-state index is 5.53. The van der Waals surface area contributed by atoms with Crippen LogP contribution in [-0.4, -0.2) is 46.3 Å². The summed E-state index contributed by atoms with van der Waals surface area (Å²) < 4.78 is 16.5. The Labute approximate surface area is 177 Å². The first-order valence-corrected chi connectivity index (χ1v) is 9.30. The Hall–Kier alpha value is -2.86. The highest BCUT2D eigenvalue weighted by Crippen LogP contribution is 2.42. The summed E-state index contributed by atoms with van der Waals surface area (Å²) in [6.45, 7) is 0.556. The predicted molar refractivity (Wildman–Crippen MR) is 119 cm³/mol. The van der Waals surface area contributed by atoms with E-state index in [2.05, 4.69) is 39.3 Å². The number of aliphatic imine (C=N–C) groups is 1. The van der Waals surface area contributed by atoms with Crippen LogP contribution in [0.1, 0.15) is 17.5 Å². The minimum Gasteiger partial charge on any atom is -0.493 e. The average Bonchev–Trinajstić information content (AvgIpc) is 2.76. The highest BCUT2D eigenvalue weighted by Gasteiger charge is 2.28. The van der Waals surface area contributed by atoms with Gasteiger partial charge in [0.1, 0.15) is 6.67 Å². The summed E-state index contributed by atoms with van der Waals surface area (Å²) in [5.74, 6) is 1.84. The summed E-state index contributed by atoms with van der Waals surface area (Å²) in [5.41, 5.74) is 6.06. The predicted octanol–water partition coefficient (Wildman–Crippen LogP) is 4.19. The number of aryl methyl sites for hydroxylation is 1. The van der Waals surface area contributed by atoms with E-state index in [1.54, 1.807) is 21.3 Å². The summed E-state index contributed by atoms with van der Waals surface area (Å²) in [6, 6.07) is 12.5. The lowest BCUT2D eigenvalue weighted by Gasteiger charge is -2.40. The number of hydrazine groups is 1. The van der Waals surface area contributed by atoms with Gasteiger partial charge in [0.15, 0.2) is 11.5 Å². The lowest BCUT2D eigenvalue weighted by molar-refractivity contribution is 0.323. The van der Waals surface area contributed by atoms with E-state index >= 15 is 0 Å². The molecule has 0 saturated carbocycles. The van der Waals surface area contributed by atoms with Gasteiger partial charge in [0.25, 0.3) is 0 Å². The molecule has 0 spiro atoms. The number of fused-ring (bicyclic) bond motifs is 2. The second-order valence-electron chi connectivity index (χ2n) is 6.79.